The normalized spacial score (nSPS) is 27.9. The second-order valence-corrected chi connectivity index (χ2v) is 7.66. The first-order valence-electron chi connectivity index (χ1n) is 9.49. The predicted molar refractivity (Wildman–Crippen MR) is 106 cm³/mol. The fourth-order valence-corrected chi connectivity index (χ4v) is 4.04. The Morgan fingerprint density at radius 2 is 1.73 bits per heavy atom. The van der Waals surface area contributed by atoms with E-state index in [9.17, 15) is 20.4 Å². The molecule has 30 heavy (non-hydrogen) atoms. The number of ether oxygens (including phenoxy) is 4. The third-order valence-electron chi connectivity index (χ3n) is 5.44. The van der Waals surface area contributed by atoms with Gasteiger partial charge in [0.05, 0.1) is 18.7 Å². The summed E-state index contributed by atoms with van der Waals surface area (Å²) in [5.41, 5.74) is 2.10. The van der Waals surface area contributed by atoms with Crippen LogP contribution in [0.25, 0.3) is 0 Å². The Kier molecular flexibility index (Phi) is 6.06. The van der Waals surface area contributed by atoms with Gasteiger partial charge in [0, 0.05) is 5.56 Å². The van der Waals surface area contributed by atoms with Gasteiger partial charge in [0.15, 0.2) is 11.5 Å². The molecule has 2 aromatic carbocycles. The lowest BCUT2D eigenvalue weighted by atomic mass is 9.89. The number of halogens is 1. The molecule has 0 amide bonds. The van der Waals surface area contributed by atoms with Crippen LogP contribution in [-0.4, -0.2) is 65.4 Å². The third kappa shape index (κ3) is 3.71. The van der Waals surface area contributed by atoms with Crippen LogP contribution in [0.1, 0.15) is 22.8 Å². The highest BCUT2D eigenvalue weighted by Gasteiger charge is 2.46. The van der Waals surface area contributed by atoms with E-state index in [1.54, 1.807) is 13.2 Å². The number of fused-ring (bicyclic) bond motifs is 1. The standard InChI is InChI=1S/C21H23ClO8/c1-27-12-4-2-10(3-5-12)6-11-7-13(20-21(15(11)22)29-9-28-20)19-18(26)17(25)16(24)14(8-23)30-19/h2-5,7,14,16-19,23-26H,6,8-9H2,1H3/t14-,16?,17+,18-,19+/m1/s1. The first-order valence-corrected chi connectivity index (χ1v) is 9.86. The number of hydrogen-bond donors (Lipinski definition) is 4. The van der Waals surface area contributed by atoms with Crippen LogP contribution in [0.3, 0.4) is 0 Å². The minimum Gasteiger partial charge on any atom is -0.497 e. The van der Waals surface area contributed by atoms with E-state index < -0.39 is 37.1 Å². The van der Waals surface area contributed by atoms with E-state index in [1.807, 2.05) is 24.3 Å². The molecule has 2 aliphatic rings. The summed E-state index contributed by atoms with van der Waals surface area (Å²) in [6.07, 6.45) is -6.01. The van der Waals surface area contributed by atoms with Crippen molar-refractivity contribution in [3.8, 4) is 17.2 Å². The zero-order chi connectivity index (χ0) is 21.4. The summed E-state index contributed by atoms with van der Waals surface area (Å²) < 4.78 is 22.0. The van der Waals surface area contributed by atoms with Crippen molar-refractivity contribution in [2.24, 2.45) is 0 Å². The van der Waals surface area contributed by atoms with Gasteiger partial charge >= 0.3 is 0 Å². The minimum atomic E-state index is -1.50. The monoisotopic (exact) mass is 438 g/mol. The summed E-state index contributed by atoms with van der Waals surface area (Å²) in [5.74, 6) is 1.37. The second-order valence-electron chi connectivity index (χ2n) is 7.28. The number of aliphatic hydroxyl groups is 4. The summed E-state index contributed by atoms with van der Waals surface area (Å²) in [4.78, 5) is 0. The smallest absolute Gasteiger partial charge is 0.231 e. The Morgan fingerprint density at radius 3 is 2.40 bits per heavy atom. The Labute approximate surface area is 178 Å². The van der Waals surface area contributed by atoms with Crippen molar-refractivity contribution in [1.29, 1.82) is 0 Å². The molecule has 1 saturated heterocycles. The van der Waals surface area contributed by atoms with Crippen molar-refractivity contribution in [3.05, 3.63) is 52.0 Å². The molecule has 1 fully saturated rings. The van der Waals surface area contributed by atoms with Crippen molar-refractivity contribution in [2.75, 3.05) is 20.5 Å². The minimum absolute atomic E-state index is 0.0501. The fraction of sp³-hybridized carbons (Fsp3) is 0.429. The van der Waals surface area contributed by atoms with Crippen molar-refractivity contribution in [3.63, 3.8) is 0 Å². The summed E-state index contributed by atoms with van der Waals surface area (Å²) in [6.45, 7) is -0.571. The molecule has 0 aromatic heterocycles. The van der Waals surface area contributed by atoms with Crippen LogP contribution in [0.4, 0.5) is 0 Å². The molecule has 5 atom stereocenters. The zero-order valence-corrected chi connectivity index (χ0v) is 17.0. The Bertz CT molecular complexity index is 901. The molecular formula is C21H23ClO8. The zero-order valence-electron chi connectivity index (χ0n) is 16.2. The van der Waals surface area contributed by atoms with Crippen molar-refractivity contribution in [2.45, 2.75) is 36.9 Å². The van der Waals surface area contributed by atoms with Crippen molar-refractivity contribution >= 4 is 11.6 Å². The van der Waals surface area contributed by atoms with Gasteiger partial charge in [-0.2, -0.15) is 0 Å². The van der Waals surface area contributed by atoms with E-state index in [0.29, 0.717) is 34.1 Å². The third-order valence-corrected chi connectivity index (χ3v) is 5.85. The summed E-state index contributed by atoms with van der Waals surface area (Å²) >= 11 is 6.56. The van der Waals surface area contributed by atoms with Gasteiger partial charge in [-0.1, -0.05) is 23.7 Å². The van der Waals surface area contributed by atoms with Crippen LogP contribution in [0, 0.1) is 0 Å². The van der Waals surface area contributed by atoms with Gasteiger partial charge in [-0.3, -0.25) is 0 Å². The van der Waals surface area contributed by atoms with Gasteiger partial charge in [0.1, 0.15) is 36.3 Å². The van der Waals surface area contributed by atoms with Gasteiger partial charge in [0.2, 0.25) is 6.79 Å². The lowest BCUT2D eigenvalue weighted by molar-refractivity contribution is -0.232. The molecule has 0 saturated carbocycles. The van der Waals surface area contributed by atoms with Crippen LogP contribution in [0.5, 0.6) is 17.2 Å². The molecule has 162 valence electrons. The molecule has 0 radical (unpaired) electrons. The number of methoxy groups -OCH3 is 1. The molecular weight excluding hydrogens is 416 g/mol. The summed E-state index contributed by atoms with van der Waals surface area (Å²) in [6, 6.07) is 9.23. The average molecular weight is 439 g/mol. The van der Waals surface area contributed by atoms with E-state index in [-0.39, 0.29) is 6.79 Å². The average Bonchev–Trinajstić information content (AvgIpc) is 3.26. The van der Waals surface area contributed by atoms with Gasteiger partial charge < -0.3 is 39.4 Å². The van der Waals surface area contributed by atoms with E-state index in [4.69, 9.17) is 30.5 Å². The number of aliphatic hydroxyl groups excluding tert-OH is 4. The number of rotatable bonds is 5. The Hall–Kier alpha value is -2.07. The maximum absolute atomic E-state index is 10.6. The molecule has 4 N–H and O–H groups in total. The lowest BCUT2D eigenvalue weighted by Gasteiger charge is -2.40. The van der Waals surface area contributed by atoms with Gasteiger partial charge in [-0.15, -0.1) is 0 Å². The van der Waals surface area contributed by atoms with Gasteiger partial charge in [-0.25, -0.2) is 0 Å². The quantitative estimate of drug-likeness (QED) is 0.549. The van der Waals surface area contributed by atoms with Gasteiger partial charge in [0.25, 0.3) is 0 Å². The van der Waals surface area contributed by atoms with Gasteiger partial charge in [-0.05, 0) is 35.7 Å². The summed E-state index contributed by atoms with van der Waals surface area (Å²) in [7, 11) is 1.59. The van der Waals surface area contributed by atoms with Crippen LogP contribution in [0.2, 0.25) is 5.02 Å². The molecule has 1 unspecified atom stereocenters. The predicted octanol–water partition coefficient (Wildman–Crippen LogP) is 1.18. The largest absolute Gasteiger partial charge is 0.497 e. The molecule has 0 spiro atoms. The molecule has 4 rings (SSSR count). The molecule has 0 bridgehead atoms. The van der Waals surface area contributed by atoms with E-state index in [2.05, 4.69) is 0 Å². The number of hydrogen-bond acceptors (Lipinski definition) is 8. The maximum Gasteiger partial charge on any atom is 0.231 e. The van der Waals surface area contributed by atoms with E-state index >= 15 is 0 Å². The fourth-order valence-electron chi connectivity index (χ4n) is 3.78. The topological polar surface area (TPSA) is 118 Å². The first kappa shape index (κ1) is 21.2. The van der Waals surface area contributed by atoms with Crippen LogP contribution >= 0.6 is 11.6 Å². The maximum atomic E-state index is 10.6. The van der Waals surface area contributed by atoms with E-state index in [1.165, 1.54) is 0 Å². The molecule has 2 aromatic rings. The van der Waals surface area contributed by atoms with E-state index in [0.717, 1.165) is 11.3 Å². The SMILES string of the molecule is COc1ccc(Cc2cc([C@@H]3O[C@H](CO)C(O)[C@H](O)[C@H]3O)c3c(c2Cl)OCO3)cc1. The highest BCUT2D eigenvalue weighted by Crippen LogP contribution is 2.49. The first-order chi connectivity index (χ1) is 14.4. The Balaban J connectivity index is 1.73. The Morgan fingerprint density at radius 1 is 1.03 bits per heavy atom. The highest BCUT2D eigenvalue weighted by atomic mass is 35.5. The molecule has 9 heteroatoms. The number of benzene rings is 2. The van der Waals surface area contributed by atoms with Crippen LogP contribution < -0.4 is 14.2 Å². The lowest BCUT2D eigenvalue weighted by Crippen LogP contribution is -2.55. The van der Waals surface area contributed by atoms with Crippen molar-refractivity contribution in [1.82, 2.24) is 0 Å². The second kappa shape index (κ2) is 8.58. The highest BCUT2D eigenvalue weighted by molar-refractivity contribution is 6.33. The molecule has 0 aliphatic carbocycles. The van der Waals surface area contributed by atoms with Crippen LogP contribution in [0.15, 0.2) is 30.3 Å². The summed E-state index contributed by atoms with van der Waals surface area (Å²) in [5, 5.41) is 40.7. The van der Waals surface area contributed by atoms with Crippen molar-refractivity contribution < 1.29 is 39.4 Å². The van der Waals surface area contributed by atoms with Crippen LogP contribution in [-0.2, 0) is 11.2 Å². The molecule has 2 aliphatic heterocycles. The molecule has 2 heterocycles. The molecule has 8 nitrogen and oxygen atoms in total.